The summed E-state index contributed by atoms with van der Waals surface area (Å²) in [4.78, 5) is 39.8. The first-order valence-electron chi connectivity index (χ1n) is 10.9. The highest BCUT2D eigenvalue weighted by Crippen LogP contribution is 2.36. The largest absolute Gasteiger partial charge is 0.476 e. The molecule has 36 heavy (non-hydrogen) atoms. The topological polar surface area (TPSA) is 113 Å². The van der Waals surface area contributed by atoms with Gasteiger partial charge < -0.3 is 15.3 Å². The Morgan fingerprint density at radius 3 is 2.83 bits per heavy atom. The molecule has 2 N–H and O–H groups in total. The maximum atomic E-state index is 14.6. The maximum absolute atomic E-state index is 14.6. The fourth-order valence-corrected chi connectivity index (χ4v) is 4.94. The SMILES string of the molecule is CC1c2ncc(Br)cc2CN1c1cc(=O)n2cc(F)cc([C@@H](C)Nc3ccc(Cl)nc3C(=O)O)c2n1. The first kappa shape index (κ1) is 24.1. The molecular formula is C24H19BrClFN6O3. The molecule has 0 bridgehead atoms. The van der Waals surface area contributed by atoms with Gasteiger partial charge in [0.2, 0.25) is 0 Å². The molecule has 1 unspecified atom stereocenters. The summed E-state index contributed by atoms with van der Waals surface area (Å²) in [5.74, 6) is -1.47. The van der Waals surface area contributed by atoms with E-state index in [1.54, 1.807) is 13.1 Å². The summed E-state index contributed by atoms with van der Waals surface area (Å²) < 4.78 is 16.6. The van der Waals surface area contributed by atoms with E-state index in [4.69, 9.17) is 16.6 Å². The minimum atomic E-state index is -1.27. The first-order chi connectivity index (χ1) is 17.1. The summed E-state index contributed by atoms with van der Waals surface area (Å²) in [6, 6.07) is 6.80. The second-order valence-corrected chi connectivity index (χ2v) is 9.77. The van der Waals surface area contributed by atoms with Crippen molar-refractivity contribution < 1.29 is 14.3 Å². The number of pyridine rings is 3. The number of carbonyl (C=O) groups is 1. The molecule has 12 heteroatoms. The molecule has 4 aromatic heterocycles. The lowest BCUT2D eigenvalue weighted by Gasteiger charge is -2.24. The molecule has 0 aliphatic carbocycles. The van der Waals surface area contributed by atoms with Gasteiger partial charge in [-0.15, -0.1) is 0 Å². The van der Waals surface area contributed by atoms with Crippen LogP contribution >= 0.6 is 27.5 Å². The van der Waals surface area contributed by atoms with Gasteiger partial charge in [-0.25, -0.2) is 19.2 Å². The summed E-state index contributed by atoms with van der Waals surface area (Å²) in [7, 11) is 0. The lowest BCUT2D eigenvalue weighted by molar-refractivity contribution is 0.0691. The van der Waals surface area contributed by atoms with Crippen molar-refractivity contribution in [3.8, 4) is 0 Å². The Morgan fingerprint density at radius 2 is 2.08 bits per heavy atom. The van der Waals surface area contributed by atoms with Gasteiger partial charge in [0.1, 0.15) is 22.4 Å². The summed E-state index contributed by atoms with van der Waals surface area (Å²) in [5.41, 5.74) is 2.00. The average molecular weight is 574 g/mol. The molecule has 0 amide bonds. The van der Waals surface area contributed by atoms with Crippen molar-refractivity contribution in [1.29, 1.82) is 0 Å². The van der Waals surface area contributed by atoms with Gasteiger partial charge in [-0.3, -0.25) is 14.2 Å². The van der Waals surface area contributed by atoms with Crippen molar-refractivity contribution in [2.75, 3.05) is 10.2 Å². The molecule has 2 atom stereocenters. The lowest BCUT2D eigenvalue weighted by Crippen LogP contribution is -2.25. The van der Waals surface area contributed by atoms with Crippen LogP contribution in [0.5, 0.6) is 0 Å². The Labute approximate surface area is 217 Å². The summed E-state index contributed by atoms with van der Waals surface area (Å²) in [6.07, 6.45) is 2.81. The number of carboxylic acids is 1. The van der Waals surface area contributed by atoms with Gasteiger partial charge in [0.05, 0.1) is 23.5 Å². The van der Waals surface area contributed by atoms with E-state index in [1.165, 1.54) is 24.3 Å². The van der Waals surface area contributed by atoms with Crippen LogP contribution in [-0.4, -0.2) is 30.4 Å². The highest BCUT2D eigenvalue weighted by atomic mass is 79.9. The van der Waals surface area contributed by atoms with Crippen LogP contribution in [-0.2, 0) is 6.54 Å². The number of hydrogen-bond acceptors (Lipinski definition) is 7. The van der Waals surface area contributed by atoms with Crippen molar-refractivity contribution in [2.24, 2.45) is 0 Å². The number of hydrogen-bond donors (Lipinski definition) is 2. The Bertz CT molecular complexity index is 1600. The van der Waals surface area contributed by atoms with Crippen molar-refractivity contribution in [1.82, 2.24) is 19.4 Å². The summed E-state index contributed by atoms with van der Waals surface area (Å²) >= 11 is 9.29. The molecule has 5 heterocycles. The zero-order valence-electron chi connectivity index (χ0n) is 19.0. The molecule has 0 saturated heterocycles. The van der Waals surface area contributed by atoms with E-state index >= 15 is 0 Å². The van der Waals surface area contributed by atoms with Crippen LogP contribution in [0.15, 0.2) is 52.0 Å². The van der Waals surface area contributed by atoms with Gasteiger partial charge in [0.25, 0.3) is 5.56 Å². The summed E-state index contributed by atoms with van der Waals surface area (Å²) in [6.45, 7) is 4.20. The fourth-order valence-electron chi connectivity index (χ4n) is 4.41. The standard InChI is InChI=1S/C24H19BrClFN6O3/c1-11(29-17-3-4-18(26)30-22(17)24(35)36)16-6-15(27)10-33-20(34)7-19(31-23(16)33)32-9-13-5-14(25)8-28-21(13)12(32)2/h3-8,10-12,29H,9H2,1-2H3,(H,35,36)/t11-,12?/m1/s1. The monoisotopic (exact) mass is 572 g/mol. The van der Waals surface area contributed by atoms with E-state index in [9.17, 15) is 19.1 Å². The third-order valence-corrected chi connectivity index (χ3v) is 6.76. The fraction of sp³-hybridized carbons (Fsp3) is 0.208. The number of fused-ring (bicyclic) bond motifs is 2. The number of carboxylic acid groups (broad SMARTS) is 1. The Balaban J connectivity index is 1.58. The van der Waals surface area contributed by atoms with Gasteiger partial charge in [-0.2, -0.15) is 0 Å². The number of aromatic nitrogens is 4. The molecule has 4 aromatic rings. The van der Waals surface area contributed by atoms with Crippen LogP contribution in [0.1, 0.15) is 53.2 Å². The Hall–Kier alpha value is -3.57. The molecule has 9 nitrogen and oxygen atoms in total. The van der Waals surface area contributed by atoms with Crippen LogP contribution in [0.3, 0.4) is 0 Å². The van der Waals surface area contributed by atoms with E-state index in [2.05, 4.69) is 31.2 Å². The van der Waals surface area contributed by atoms with Gasteiger partial charge in [0.15, 0.2) is 5.69 Å². The maximum Gasteiger partial charge on any atom is 0.356 e. The Morgan fingerprint density at radius 1 is 1.31 bits per heavy atom. The van der Waals surface area contributed by atoms with Crippen LogP contribution in [0, 0.1) is 5.82 Å². The second kappa shape index (κ2) is 9.14. The normalized spacial score (nSPS) is 15.7. The number of nitrogens with zero attached hydrogens (tertiary/aromatic N) is 5. The van der Waals surface area contributed by atoms with Gasteiger partial charge in [0, 0.05) is 35.0 Å². The van der Waals surface area contributed by atoms with Crippen LogP contribution in [0.4, 0.5) is 15.9 Å². The molecule has 5 rings (SSSR count). The third-order valence-electron chi connectivity index (χ3n) is 6.11. The molecule has 0 radical (unpaired) electrons. The van der Waals surface area contributed by atoms with Crippen molar-refractivity contribution in [3.05, 3.63) is 91.0 Å². The van der Waals surface area contributed by atoms with Crippen LogP contribution in [0.2, 0.25) is 5.15 Å². The van der Waals surface area contributed by atoms with Gasteiger partial charge >= 0.3 is 5.97 Å². The van der Waals surface area contributed by atoms with E-state index in [1.807, 2.05) is 17.9 Å². The predicted molar refractivity (Wildman–Crippen MR) is 136 cm³/mol. The zero-order valence-corrected chi connectivity index (χ0v) is 21.4. The molecule has 1 aliphatic rings. The van der Waals surface area contributed by atoms with Crippen LogP contribution in [0.25, 0.3) is 5.65 Å². The van der Waals surface area contributed by atoms with Gasteiger partial charge in [-0.1, -0.05) is 11.6 Å². The van der Waals surface area contributed by atoms with E-state index in [-0.39, 0.29) is 28.2 Å². The molecule has 0 aromatic carbocycles. The minimum absolute atomic E-state index is 0.0296. The van der Waals surface area contributed by atoms with Crippen molar-refractivity contribution >= 4 is 50.7 Å². The second-order valence-electron chi connectivity index (χ2n) is 8.46. The first-order valence-corrected chi connectivity index (χ1v) is 12.1. The molecule has 0 saturated carbocycles. The summed E-state index contributed by atoms with van der Waals surface area (Å²) in [5, 5.41) is 12.6. The predicted octanol–water partition coefficient (Wildman–Crippen LogP) is 4.99. The highest BCUT2D eigenvalue weighted by Gasteiger charge is 2.30. The molecule has 1 aliphatic heterocycles. The van der Waals surface area contributed by atoms with E-state index in [0.29, 0.717) is 17.9 Å². The molecular weight excluding hydrogens is 555 g/mol. The van der Waals surface area contributed by atoms with Crippen molar-refractivity contribution in [2.45, 2.75) is 32.5 Å². The number of halogens is 3. The number of anilines is 2. The number of nitrogens with one attached hydrogen (secondary N) is 1. The van der Waals surface area contributed by atoms with E-state index in [0.717, 1.165) is 26.3 Å². The number of aromatic carboxylic acids is 1. The lowest BCUT2D eigenvalue weighted by atomic mass is 10.1. The smallest absolute Gasteiger partial charge is 0.356 e. The molecule has 0 spiro atoms. The number of rotatable bonds is 5. The molecule has 0 fully saturated rings. The third kappa shape index (κ3) is 4.28. The average Bonchev–Trinajstić information content (AvgIpc) is 3.15. The minimum Gasteiger partial charge on any atom is -0.476 e. The quantitative estimate of drug-likeness (QED) is 0.321. The van der Waals surface area contributed by atoms with Crippen LogP contribution < -0.4 is 15.8 Å². The Kier molecular flexibility index (Phi) is 6.13. The van der Waals surface area contributed by atoms with E-state index < -0.39 is 23.4 Å². The zero-order chi connectivity index (χ0) is 25.7. The van der Waals surface area contributed by atoms with Crippen molar-refractivity contribution in [3.63, 3.8) is 0 Å². The highest BCUT2D eigenvalue weighted by molar-refractivity contribution is 9.10. The van der Waals surface area contributed by atoms with Gasteiger partial charge in [-0.05, 0) is 59.6 Å². The molecule has 184 valence electrons.